The Morgan fingerprint density at radius 3 is 2.91 bits per heavy atom. The first-order valence-corrected chi connectivity index (χ1v) is 3.18. The van der Waals surface area contributed by atoms with E-state index in [2.05, 4.69) is 15.3 Å². The molecule has 4 N–H and O–H groups in total. The average molecular weight is 154 g/mol. The third-order valence-corrected chi connectivity index (χ3v) is 1.10. The van der Waals surface area contributed by atoms with Gasteiger partial charge in [0.15, 0.2) is 5.96 Å². The topological polar surface area (TPSA) is 95.1 Å². The molecule has 0 aliphatic carbocycles. The van der Waals surface area contributed by atoms with E-state index in [1.807, 2.05) is 0 Å². The number of guanidine groups is 1. The van der Waals surface area contributed by atoms with E-state index < -0.39 is 0 Å². The number of nitrogens with zero attached hydrogens (tertiary/aromatic N) is 4. The van der Waals surface area contributed by atoms with Crippen LogP contribution in [0.1, 0.15) is 0 Å². The van der Waals surface area contributed by atoms with Crippen LogP contribution in [-0.2, 0) is 6.54 Å². The van der Waals surface area contributed by atoms with Gasteiger partial charge in [0.2, 0.25) is 0 Å². The van der Waals surface area contributed by atoms with Gasteiger partial charge < -0.3 is 11.5 Å². The molecule has 0 spiro atoms. The summed E-state index contributed by atoms with van der Waals surface area (Å²) in [6.07, 6.45) is 3.36. The van der Waals surface area contributed by atoms with Crippen molar-refractivity contribution < 1.29 is 0 Å². The van der Waals surface area contributed by atoms with Crippen LogP contribution in [0.15, 0.2) is 17.4 Å². The van der Waals surface area contributed by atoms with Gasteiger partial charge in [-0.2, -0.15) is 0 Å². The number of rotatable bonds is 3. The van der Waals surface area contributed by atoms with Crippen molar-refractivity contribution in [3.8, 4) is 0 Å². The number of hydrogen-bond donors (Lipinski definition) is 2. The quantitative estimate of drug-likeness (QED) is 0.411. The molecule has 0 unspecified atom stereocenters. The molecular weight excluding hydrogens is 144 g/mol. The van der Waals surface area contributed by atoms with Crippen molar-refractivity contribution in [2.45, 2.75) is 6.54 Å². The van der Waals surface area contributed by atoms with Crippen LogP contribution in [0.25, 0.3) is 0 Å². The van der Waals surface area contributed by atoms with E-state index >= 15 is 0 Å². The van der Waals surface area contributed by atoms with Crippen LogP contribution in [0.3, 0.4) is 0 Å². The molecule has 1 heterocycles. The van der Waals surface area contributed by atoms with Crippen molar-refractivity contribution in [1.82, 2.24) is 15.0 Å². The van der Waals surface area contributed by atoms with Crippen molar-refractivity contribution in [2.75, 3.05) is 6.54 Å². The van der Waals surface area contributed by atoms with Crippen LogP contribution in [0, 0.1) is 0 Å². The molecule has 0 aliphatic rings. The second-order valence-electron chi connectivity index (χ2n) is 1.97. The van der Waals surface area contributed by atoms with E-state index in [1.165, 1.54) is 0 Å². The van der Waals surface area contributed by atoms with Gasteiger partial charge in [0.1, 0.15) is 0 Å². The summed E-state index contributed by atoms with van der Waals surface area (Å²) in [5.74, 6) is 0.102. The summed E-state index contributed by atoms with van der Waals surface area (Å²) in [6.45, 7) is 1.18. The molecule has 0 aromatic carbocycles. The van der Waals surface area contributed by atoms with Gasteiger partial charge in [-0.15, -0.1) is 5.10 Å². The lowest BCUT2D eigenvalue weighted by molar-refractivity contribution is 0.598. The third-order valence-electron chi connectivity index (χ3n) is 1.10. The first-order chi connectivity index (χ1) is 5.29. The van der Waals surface area contributed by atoms with E-state index in [0.717, 1.165) is 0 Å². The van der Waals surface area contributed by atoms with Crippen molar-refractivity contribution >= 4 is 5.96 Å². The normalized spacial score (nSPS) is 9.45. The maximum atomic E-state index is 5.11. The Morgan fingerprint density at radius 2 is 2.36 bits per heavy atom. The molecule has 1 rings (SSSR count). The van der Waals surface area contributed by atoms with Crippen LogP contribution in [0.5, 0.6) is 0 Å². The Morgan fingerprint density at radius 1 is 1.55 bits per heavy atom. The van der Waals surface area contributed by atoms with Gasteiger partial charge in [-0.1, -0.05) is 5.21 Å². The standard InChI is InChI=1S/C5H10N6/c6-5(7)8-1-3-11-4-2-9-10-11/h2,4H,1,3H2,(H4,6,7,8). The van der Waals surface area contributed by atoms with Gasteiger partial charge in [0.05, 0.1) is 19.3 Å². The van der Waals surface area contributed by atoms with Gasteiger partial charge in [0, 0.05) is 6.20 Å². The van der Waals surface area contributed by atoms with Gasteiger partial charge in [-0.25, -0.2) is 0 Å². The van der Waals surface area contributed by atoms with Crippen molar-refractivity contribution in [3.05, 3.63) is 12.4 Å². The molecule has 60 valence electrons. The fourth-order valence-corrected chi connectivity index (χ4v) is 0.634. The van der Waals surface area contributed by atoms with E-state index in [-0.39, 0.29) is 5.96 Å². The first-order valence-electron chi connectivity index (χ1n) is 3.18. The molecule has 6 heteroatoms. The molecule has 6 nitrogen and oxygen atoms in total. The number of hydrogen-bond acceptors (Lipinski definition) is 3. The summed E-state index contributed by atoms with van der Waals surface area (Å²) in [7, 11) is 0. The summed E-state index contributed by atoms with van der Waals surface area (Å²) >= 11 is 0. The fraction of sp³-hybridized carbons (Fsp3) is 0.400. The predicted octanol–water partition coefficient (Wildman–Crippen LogP) is -1.45. The van der Waals surface area contributed by atoms with E-state index in [0.29, 0.717) is 13.1 Å². The highest BCUT2D eigenvalue weighted by Crippen LogP contribution is 1.80. The number of aliphatic imine (C=N–C) groups is 1. The fourth-order valence-electron chi connectivity index (χ4n) is 0.634. The molecular formula is C5H10N6. The molecule has 0 aliphatic heterocycles. The summed E-state index contributed by atoms with van der Waals surface area (Å²) < 4.78 is 1.66. The highest BCUT2D eigenvalue weighted by molar-refractivity contribution is 5.75. The van der Waals surface area contributed by atoms with E-state index in [4.69, 9.17) is 11.5 Å². The van der Waals surface area contributed by atoms with Crippen LogP contribution >= 0.6 is 0 Å². The zero-order valence-corrected chi connectivity index (χ0v) is 6.01. The van der Waals surface area contributed by atoms with Crippen molar-refractivity contribution in [2.24, 2.45) is 16.5 Å². The Hall–Kier alpha value is -1.59. The zero-order valence-electron chi connectivity index (χ0n) is 6.01. The Balaban J connectivity index is 2.30. The van der Waals surface area contributed by atoms with Crippen LogP contribution < -0.4 is 11.5 Å². The maximum absolute atomic E-state index is 5.11. The molecule has 0 bridgehead atoms. The molecule has 0 fully saturated rings. The molecule has 0 amide bonds. The minimum Gasteiger partial charge on any atom is -0.370 e. The molecule has 1 aromatic heterocycles. The second-order valence-corrected chi connectivity index (χ2v) is 1.97. The first kappa shape index (κ1) is 7.52. The van der Waals surface area contributed by atoms with Crippen LogP contribution in [0.4, 0.5) is 0 Å². The summed E-state index contributed by atoms with van der Waals surface area (Å²) in [4.78, 5) is 3.78. The molecule has 0 saturated carbocycles. The monoisotopic (exact) mass is 154 g/mol. The maximum Gasteiger partial charge on any atom is 0.185 e. The average Bonchev–Trinajstić information content (AvgIpc) is 2.39. The predicted molar refractivity (Wildman–Crippen MR) is 40.7 cm³/mol. The minimum absolute atomic E-state index is 0.102. The largest absolute Gasteiger partial charge is 0.370 e. The molecule has 1 aromatic rings. The van der Waals surface area contributed by atoms with Gasteiger partial charge in [-0.3, -0.25) is 9.67 Å². The highest BCUT2D eigenvalue weighted by Gasteiger charge is 1.88. The van der Waals surface area contributed by atoms with Crippen molar-refractivity contribution in [1.29, 1.82) is 0 Å². The third kappa shape index (κ3) is 2.65. The summed E-state index contributed by atoms with van der Waals surface area (Å²) in [5, 5.41) is 7.35. The van der Waals surface area contributed by atoms with Gasteiger partial charge in [-0.05, 0) is 0 Å². The number of nitrogens with two attached hydrogens (primary N) is 2. The lowest BCUT2D eigenvalue weighted by Gasteiger charge is -1.94. The van der Waals surface area contributed by atoms with Crippen LogP contribution in [-0.4, -0.2) is 27.5 Å². The summed E-state index contributed by atoms with van der Waals surface area (Å²) in [6, 6.07) is 0. The molecule has 0 radical (unpaired) electrons. The van der Waals surface area contributed by atoms with Gasteiger partial charge in [0.25, 0.3) is 0 Å². The second kappa shape index (κ2) is 3.55. The molecule has 11 heavy (non-hydrogen) atoms. The van der Waals surface area contributed by atoms with E-state index in [1.54, 1.807) is 17.1 Å². The highest BCUT2D eigenvalue weighted by atomic mass is 15.4. The smallest absolute Gasteiger partial charge is 0.185 e. The minimum atomic E-state index is 0.102. The number of aromatic nitrogens is 3. The SMILES string of the molecule is NC(N)=NCCn1ccnn1. The Kier molecular flexibility index (Phi) is 2.42. The molecule has 0 saturated heterocycles. The molecule has 0 atom stereocenters. The van der Waals surface area contributed by atoms with Crippen LogP contribution in [0.2, 0.25) is 0 Å². The summed E-state index contributed by atoms with van der Waals surface area (Å²) in [5.41, 5.74) is 10.2. The zero-order chi connectivity index (χ0) is 8.10. The lowest BCUT2D eigenvalue weighted by Crippen LogP contribution is -2.23. The van der Waals surface area contributed by atoms with E-state index in [9.17, 15) is 0 Å². The Bertz CT molecular complexity index is 221. The lowest BCUT2D eigenvalue weighted by atomic mass is 10.6. The van der Waals surface area contributed by atoms with Crippen molar-refractivity contribution in [3.63, 3.8) is 0 Å². The van der Waals surface area contributed by atoms with Gasteiger partial charge >= 0.3 is 0 Å². The Labute approximate surface area is 63.9 Å².